The lowest BCUT2D eigenvalue weighted by atomic mass is 9.83. The molecule has 5 nitrogen and oxygen atoms in total. The molecule has 2 aliphatic rings. The molecule has 2 saturated carbocycles. The summed E-state index contributed by atoms with van der Waals surface area (Å²) in [5.41, 5.74) is -1.24. The van der Waals surface area contributed by atoms with E-state index < -0.39 is 21.5 Å². The van der Waals surface area contributed by atoms with E-state index in [1.807, 2.05) is 0 Å². The quantitative estimate of drug-likeness (QED) is 0.771. The maximum absolute atomic E-state index is 11.8. The van der Waals surface area contributed by atoms with Crippen molar-refractivity contribution in [2.24, 2.45) is 0 Å². The molecule has 0 atom stereocenters. The molecule has 92 valence electrons. The SMILES string of the molecule is O=C(O)C1(NS(=O)(=O)C2CC2)CCCCC1. The second kappa shape index (κ2) is 4.00. The van der Waals surface area contributed by atoms with E-state index in [4.69, 9.17) is 0 Å². The van der Waals surface area contributed by atoms with Gasteiger partial charge in [0.2, 0.25) is 10.0 Å². The number of nitrogens with one attached hydrogen (secondary N) is 1. The number of hydrogen-bond donors (Lipinski definition) is 2. The number of carbonyl (C=O) groups is 1. The number of carboxylic acid groups (broad SMARTS) is 1. The van der Waals surface area contributed by atoms with E-state index >= 15 is 0 Å². The first kappa shape index (κ1) is 11.9. The maximum Gasteiger partial charge on any atom is 0.324 e. The Balaban J connectivity index is 2.16. The van der Waals surface area contributed by atoms with Crippen LogP contribution in [0.25, 0.3) is 0 Å². The molecular weight excluding hydrogens is 230 g/mol. The van der Waals surface area contributed by atoms with Gasteiger partial charge in [0.25, 0.3) is 0 Å². The van der Waals surface area contributed by atoms with Crippen LogP contribution in [0.5, 0.6) is 0 Å². The Hall–Kier alpha value is -0.620. The highest BCUT2D eigenvalue weighted by Gasteiger charge is 2.46. The van der Waals surface area contributed by atoms with Gasteiger partial charge in [0.1, 0.15) is 5.54 Å². The zero-order valence-corrected chi connectivity index (χ0v) is 9.92. The van der Waals surface area contributed by atoms with Crippen molar-refractivity contribution in [1.82, 2.24) is 4.72 Å². The van der Waals surface area contributed by atoms with Crippen molar-refractivity contribution < 1.29 is 18.3 Å². The van der Waals surface area contributed by atoms with Gasteiger partial charge in [-0.3, -0.25) is 4.79 Å². The Morgan fingerprint density at radius 2 is 1.75 bits per heavy atom. The normalized spacial score (nSPS) is 25.2. The summed E-state index contributed by atoms with van der Waals surface area (Å²) in [5, 5.41) is 8.87. The summed E-state index contributed by atoms with van der Waals surface area (Å²) in [6, 6.07) is 0. The Labute approximate surface area is 95.3 Å². The lowest BCUT2D eigenvalue weighted by Gasteiger charge is -2.33. The third-order valence-electron chi connectivity index (χ3n) is 3.42. The summed E-state index contributed by atoms with van der Waals surface area (Å²) in [5.74, 6) is -1.03. The molecule has 0 radical (unpaired) electrons. The minimum absolute atomic E-state index is 0.356. The van der Waals surface area contributed by atoms with E-state index in [0.29, 0.717) is 25.7 Å². The number of rotatable bonds is 4. The summed E-state index contributed by atoms with van der Waals surface area (Å²) in [6.45, 7) is 0. The predicted molar refractivity (Wildman–Crippen MR) is 58.5 cm³/mol. The first-order valence-corrected chi connectivity index (χ1v) is 7.27. The number of aliphatic carboxylic acids is 1. The Bertz CT molecular complexity index is 380. The molecule has 0 bridgehead atoms. The monoisotopic (exact) mass is 247 g/mol. The molecule has 16 heavy (non-hydrogen) atoms. The summed E-state index contributed by atoms with van der Waals surface area (Å²) in [7, 11) is -3.42. The molecule has 2 fully saturated rings. The second-order valence-electron chi connectivity index (χ2n) is 4.79. The smallest absolute Gasteiger partial charge is 0.324 e. The molecule has 0 aliphatic heterocycles. The fourth-order valence-electron chi connectivity index (χ4n) is 2.25. The van der Waals surface area contributed by atoms with E-state index in [-0.39, 0.29) is 5.25 Å². The third kappa shape index (κ3) is 2.22. The first-order valence-electron chi connectivity index (χ1n) is 5.72. The molecular formula is C10H17NO4S. The van der Waals surface area contributed by atoms with E-state index in [9.17, 15) is 18.3 Å². The Morgan fingerprint density at radius 3 is 2.19 bits per heavy atom. The Morgan fingerprint density at radius 1 is 1.19 bits per heavy atom. The van der Waals surface area contributed by atoms with Crippen LogP contribution in [-0.2, 0) is 14.8 Å². The molecule has 0 heterocycles. The zero-order chi connectivity index (χ0) is 11.8. The summed E-state index contributed by atoms with van der Waals surface area (Å²) in [6.07, 6.45) is 4.68. The van der Waals surface area contributed by atoms with Crippen LogP contribution in [0.15, 0.2) is 0 Å². The minimum atomic E-state index is -3.42. The van der Waals surface area contributed by atoms with Gasteiger partial charge in [-0.1, -0.05) is 19.3 Å². The zero-order valence-electron chi connectivity index (χ0n) is 9.11. The van der Waals surface area contributed by atoms with Crippen LogP contribution in [0, 0.1) is 0 Å². The average molecular weight is 247 g/mol. The van der Waals surface area contributed by atoms with Gasteiger partial charge in [0.05, 0.1) is 5.25 Å². The molecule has 2 rings (SSSR count). The fraction of sp³-hybridized carbons (Fsp3) is 0.900. The lowest BCUT2D eigenvalue weighted by molar-refractivity contribution is -0.145. The second-order valence-corrected chi connectivity index (χ2v) is 6.76. The lowest BCUT2D eigenvalue weighted by Crippen LogP contribution is -2.56. The van der Waals surface area contributed by atoms with Crippen molar-refractivity contribution in [3.63, 3.8) is 0 Å². The summed E-state index contributed by atoms with van der Waals surface area (Å²) < 4.78 is 26.0. The molecule has 0 unspecified atom stereocenters. The molecule has 0 aromatic carbocycles. The first-order chi connectivity index (χ1) is 7.46. The van der Waals surface area contributed by atoms with Gasteiger partial charge < -0.3 is 5.11 Å². The molecule has 0 aromatic heterocycles. The molecule has 2 aliphatic carbocycles. The molecule has 0 saturated heterocycles. The minimum Gasteiger partial charge on any atom is -0.480 e. The van der Waals surface area contributed by atoms with Gasteiger partial charge in [-0.15, -0.1) is 0 Å². The van der Waals surface area contributed by atoms with E-state index in [1.165, 1.54) is 0 Å². The fourth-order valence-corrected chi connectivity index (χ4v) is 4.01. The van der Waals surface area contributed by atoms with Gasteiger partial charge in [-0.05, 0) is 25.7 Å². The van der Waals surface area contributed by atoms with Crippen LogP contribution < -0.4 is 4.72 Å². The summed E-state index contributed by atoms with van der Waals surface area (Å²) >= 11 is 0. The van der Waals surface area contributed by atoms with Gasteiger partial charge in [-0.25, -0.2) is 8.42 Å². The summed E-state index contributed by atoms with van der Waals surface area (Å²) in [4.78, 5) is 11.3. The highest BCUT2D eigenvalue weighted by atomic mass is 32.2. The van der Waals surface area contributed by atoms with Crippen molar-refractivity contribution in [3.8, 4) is 0 Å². The van der Waals surface area contributed by atoms with Crippen LogP contribution in [0.1, 0.15) is 44.9 Å². The predicted octanol–water partition coefficient (Wildman–Crippen LogP) is 0.856. The van der Waals surface area contributed by atoms with Crippen molar-refractivity contribution in [3.05, 3.63) is 0 Å². The van der Waals surface area contributed by atoms with Crippen molar-refractivity contribution in [1.29, 1.82) is 0 Å². The number of carboxylic acids is 1. The van der Waals surface area contributed by atoms with E-state index in [1.54, 1.807) is 0 Å². The topological polar surface area (TPSA) is 83.5 Å². The Kier molecular flexibility index (Phi) is 2.96. The van der Waals surface area contributed by atoms with Crippen molar-refractivity contribution >= 4 is 16.0 Å². The third-order valence-corrected chi connectivity index (χ3v) is 5.44. The van der Waals surface area contributed by atoms with Crippen LogP contribution >= 0.6 is 0 Å². The van der Waals surface area contributed by atoms with Crippen molar-refractivity contribution in [2.75, 3.05) is 0 Å². The van der Waals surface area contributed by atoms with Gasteiger partial charge in [0, 0.05) is 0 Å². The number of sulfonamides is 1. The average Bonchev–Trinajstić information content (AvgIpc) is 3.01. The van der Waals surface area contributed by atoms with Gasteiger partial charge in [0.15, 0.2) is 0 Å². The van der Waals surface area contributed by atoms with Gasteiger partial charge >= 0.3 is 5.97 Å². The molecule has 0 aromatic rings. The van der Waals surface area contributed by atoms with E-state index in [2.05, 4.69) is 4.72 Å². The number of hydrogen-bond acceptors (Lipinski definition) is 3. The van der Waals surface area contributed by atoms with Crippen LogP contribution in [0.2, 0.25) is 0 Å². The van der Waals surface area contributed by atoms with E-state index in [0.717, 1.165) is 19.3 Å². The van der Waals surface area contributed by atoms with Crippen LogP contribution in [0.3, 0.4) is 0 Å². The highest BCUT2D eigenvalue weighted by Crippen LogP contribution is 2.33. The maximum atomic E-state index is 11.8. The van der Waals surface area contributed by atoms with Gasteiger partial charge in [-0.2, -0.15) is 4.72 Å². The molecule has 0 amide bonds. The molecule has 0 spiro atoms. The highest BCUT2D eigenvalue weighted by molar-refractivity contribution is 7.90. The van der Waals surface area contributed by atoms with Crippen molar-refractivity contribution in [2.45, 2.75) is 55.7 Å². The molecule has 2 N–H and O–H groups in total. The molecule has 6 heteroatoms. The van der Waals surface area contributed by atoms with Crippen LogP contribution in [0.4, 0.5) is 0 Å². The standard InChI is InChI=1S/C10H17NO4S/c12-9(13)10(6-2-1-3-7-10)11-16(14,15)8-4-5-8/h8,11H,1-7H2,(H,12,13). The van der Waals surface area contributed by atoms with Crippen LogP contribution in [-0.4, -0.2) is 30.3 Å². The largest absolute Gasteiger partial charge is 0.480 e.